The minimum absolute atomic E-state index is 0.00832. The van der Waals surface area contributed by atoms with E-state index in [0.717, 1.165) is 23.1 Å². The van der Waals surface area contributed by atoms with E-state index in [-0.39, 0.29) is 11.9 Å². The molecule has 0 spiro atoms. The highest BCUT2D eigenvalue weighted by Crippen LogP contribution is 2.26. The van der Waals surface area contributed by atoms with Crippen LogP contribution in [0.1, 0.15) is 24.9 Å². The van der Waals surface area contributed by atoms with Crippen LogP contribution in [0.4, 0.5) is 4.39 Å². The summed E-state index contributed by atoms with van der Waals surface area (Å²) in [7, 11) is 0. The Morgan fingerprint density at radius 2 is 1.94 bits per heavy atom. The molecule has 94 valence electrons. The van der Waals surface area contributed by atoms with E-state index >= 15 is 0 Å². The predicted molar refractivity (Wildman–Crippen MR) is 74.1 cm³/mol. The second kappa shape index (κ2) is 5.51. The molecule has 0 fully saturated rings. The van der Waals surface area contributed by atoms with Crippen LogP contribution in [0.3, 0.4) is 0 Å². The zero-order valence-corrected chi connectivity index (χ0v) is 10.9. The highest BCUT2D eigenvalue weighted by molar-refractivity contribution is 6.30. The molecule has 0 aliphatic heterocycles. The fraction of sp³-hybridized carbons (Fsp3) is 0.200. The normalized spacial score (nSPS) is 12.4. The van der Waals surface area contributed by atoms with E-state index in [0.29, 0.717) is 5.02 Å². The van der Waals surface area contributed by atoms with Crippen molar-refractivity contribution in [2.24, 2.45) is 5.73 Å². The third-order valence-electron chi connectivity index (χ3n) is 2.95. The van der Waals surface area contributed by atoms with Gasteiger partial charge in [0, 0.05) is 11.1 Å². The molecule has 2 rings (SSSR count). The van der Waals surface area contributed by atoms with Gasteiger partial charge in [-0.25, -0.2) is 4.39 Å². The molecule has 2 aromatic carbocycles. The molecule has 0 radical (unpaired) electrons. The summed E-state index contributed by atoms with van der Waals surface area (Å²) in [6.07, 6.45) is 0.868. The number of hydrogen-bond acceptors (Lipinski definition) is 1. The molecule has 1 unspecified atom stereocenters. The van der Waals surface area contributed by atoms with Gasteiger partial charge in [-0.05, 0) is 47.4 Å². The summed E-state index contributed by atoms with van der Waals surface area (Å²) in [6, 6.07) is 12.4. The fourth-order valence-electron chi connectivity index (χ4n) is 1.91. The summed E-state index contributed by atoms with van der Waals surface area (Å²) in [5.41, 5.74) is 8.75. The van der Waals surface area contributed by atoms with Gasteiger partial charge in [-0.3, -0.25) is 0 Å². The Morgan fingerprint density at radius 1 is 1.17 bits per heavy atom. The minimum atomic E-state index is -0.331. The summed E-state index contributed by atoms with van der Waals surface area (Å²) in [5.74, 6) is -0.331. The molecule has 3 heteroatoms. The van der Waals surface area contributed by atoms with Crippen LogP contribution in [0.15, 0.2) is 42.5 Å². The number of benzene rings is 2. The number of nitrogens with two attached hydrogens (primary N) is 1. The van der Waals surface area contributed by atoms with Gasteiger partial charge >= 0.3 is 0 Å². The van der Waals surface area contributed by atoms with E-state index < -0.39 is 0 Å². The van der Waals surface area contributed by atoms with Gasteiger partial charge in [0.15, 0.2) is 0 Å². The highest BCUT2D eigenvalue weighted by Gasteiger charge is 2.06. The number of hydrogen-bond donors (Lipinski definition) is 1. The predicted octanol–water partition coefficient (Wildman–Crippen LogP) is 4.56. The lowest BCUT2D eigenvalue weighted by Gasteiger charge is -2.11. The average molecular weight is 264 g/mol. The molecule has 0 amide bonds. The Labute approximate surface area is 111 Å². The molecule has 2 aromatic rings. The topological polar surface area (TPSA) is 26.0 Å². The van der Waals surface area contributed by atoms with Crippen molar-refractivity contribution in [2.75, 3.05) is 0 Å². The first-order valence-corrected chi connectivity index (χ1v) is 6.30. The van der Waals surface area contributed by atoms with E-state index in [1.54, 1.807) is 6.07 Å². The molecule has 1 atom stereocenters. The molecule has 0 aliphatic rings. The van der Waals surface area contributed by atoms with Crippen LogP contribution in [0.5, 0.6) is 0 Å². The maximum Gasteiger partial charge on any atom is 0.125 e. The van der Waals surface area contributed by atoms with Crippen molar-refractivity contribution in [3.63, 3.8) is 0 Å². The maximum atomic E-state index is 13.3. The first-order chi connectivity index (χ1) is 8.60. The van der Waals surface area contributed by atoms with Crippen LogP contribution in [0.25, 0.3) is 11.1 Å². The third-order valence-corrected chi connectivity index (χ3v) is 3.17. The first kappa shape index (κ1) is 13.1. The molecule has 18 heavy (non-hydrogen) atoms. The largest absolute Gasteiger partial charge is 0.324 e. The second-order valence-electron chi connectivity index (χ2n) is 4.30. The SMILES string of the molecule is CCC(N)c1cccc(-c2cc(F)cc(Cl)c2)c1. The van der Waals surface area contributed by atoms with Crippen LogP contribution in [0, 0.1) is 5.82 Å². The van der Waals surface area contributed by atoms with Gasteiger partial charge in [0.05, 0.1) is 0 Å². The molecule has 1 nitrogen and oxygen atoms in total. The summed E-state index contributed by atoms with van der Waals surface area (Å²) < 4.78 is 13.3. The Balaban J connectivity index is 2.44. The van der Waals surface area contributed by atoms with Crippen molar-refractivity contribution < 1.29 is 4.39 Å². The van der Waals surface area contributed by atoms with Gasteiger partial charge < -0.3 is 5.73 Å². The molecular formula is C15H15ClFN. The lowest BCUT2D eigenvalue weighted by molar-refractivity contribution is 0.628. The van der Waals surface area contributed by atoms with Crippen LogP contribution in [-0.4, -0.2) is 0 Å². The Morgan fingerprint density at radius 3 is 2.61 bits per heavy atom. The quantitative estimate of drug-likeness (QED) is 0.863. The van der Waals surface area contributed by atoms with Crippen molar-refractivity contribution in [1.29, 1.82) is 0 Å². The lowest BCUT2D eigenvalue weighted by Crippen LogP contribution is -2.08. The van der Waals surface area contributed by atoms with Crippen LogP contribution < -0.4 is 5.73 Å². The van der Waals surface area contributed by atoms with E-state index in [1.807, 2.05) is 31.2 Å². The highest BCUT2D eigenvalue weighted by atomic mass is 35.5. The molecule has 0 saturated carbocycles. The zero-order chi connectivity index (χ0) is 13.1. The van der Waals surface area contributed by atoms with Gasteiger partial charge in [0.25, 0.3) is 0 Å². The van der Waals surface area contributed by atoms with Crippen molar-refractivity contribution in [3.05, 3.63) is 58.9 Å². The molecule has 2 N–H and O–H groups in total. The summed E-state index contributed by atoms with van der Waals surface area (Å²) >= 11 is 5.86. The molecule has 0 saturated heterocycles. The lowest BCUT2D eigenvalue weighted by atomic mass is 9.99. The van der Waals surface area contributed by atoms with E-state index in [1.165, 1.54) is 12.1 Å². The average Bonchev–Trinajstić information content (AvgIpc) is 2.37. The molecule has 0 bridgehead atoms. The summed E-state index contributed by atoms with van der Waals surface area (Å²) in [5, 5.41) is 0.398. The second-order valence-corrected chi connectivity index (χ2v) is 4.73. The Hall–Kier alpha value is -1.38. The standard InChI is InChI=1S/C15H15ClFN/c1-2-15(18)11-5-3-4-10(6-11)12-7-13(16)9-14(17)8-12/h3-9,15H,2,18H2,1H3. The van der Waals surface area contributed by atoms with Gasteiger partial charge in [0.1, 0.15) is 5.82 Å². The van der Waals surface area contributed by atoms with Gasteiger partial charge in [0.2, 0.25) is 0 Å². The van der Waals surface area contributed by atoms with Crippen molar-refractivity contribution in [3.8, 4) is 11.1 Å². The van der Waals surface area contributed by atoms with Crippen molar-refractivity contribution in [1.82, 2.24) is 0 Å². The van der Waals surface area contributed by atoms with Gasteiger partial charge in [-0.1, -0.05) is 36.7 Å². The Kier molecular flexibility index (Phi) is 4.00. The van der Waals surface area contributed by atoms with E-state index in [4.69, 9.17) is 17.3 Å². The maximum absolute atomic E-state index is 13.3. The third kappa shape index (κ3) is 2.89. The van der Waals surface area contributed by atoms with E-state index in [2.05, 4.69) is 0 Å². The summed E-state index contributed by atoms with van der Waals surface area (Å²) in [6.45, 7) is 2.04. The number of rotatable bonds is 3. The van der Waals surface area contributed by atoms with Crippen LogP contribution >= 0.6 is 11.6 Å². The Bertz CT molecular complexity index is 534. The smallest absolute Gasteiger partial charge is 0.125 e. The van der Waals surface area contributed by atoms with Crippen molar-refractivity contribution >= 4 is 11.6 Å². The molecular weight excluding hydrogens is 249 g/mol. The van der Waals surface area contributed by atoms with Crippen LogP contribution in [-0.2, 0) is 0 Å². The van der Waals surface area contributed by atoms with Crippen molar-refractivity contribution in [2.45, 2.75) is 19.4 Å². The molecule has 0 aromatic heterocycles. The minimum Gasteiger partial charge on any atom is -0.324 e. The van der Waals surface area contributed by atoms with E-state index in [9.17, 15) is 4.39 Å². The summed E-state index contributed by atoms with van der Waals surface area (Å²) in [4.78, 5) is 0. The van der Waals surface area contributed by atoms with Gasteiger partial charge in [-0.2, -0.15) is 0 Å². The molecule has 0 heterocycles. The number of halogens is 2. The first-order valence-electron chi connectivity index (χ1n) is 5.92. The van der Waals surface area contributed by atoms with Crippen LogP contribution in [0.2, 0.25) is 5.02 Å². The zero-order valence-electron chi connectivity index (χ0n) is 10.2. The fourth-order valence-corrected chi connectivity index (χ4v) is 2.13. The molecule has 0 aliphatic carbocycles. The van der Waals surface area contributed by atoms with Gasteiger partial charge in [-0.15, -0.1) is 0 Å². The monoisotopic (exact) mass is 263 g/mol.